The molecule has 0 saturated carbocycles. The Balaban J connectivity index is 1.82. The van der Waals surface area contributed by atoms with Crippen LogP contribution in [0.5, 0.6) is 0 Å². The van der Waals surface area contributed by atoms with Gasteiger partial charge in [-0.3, -0.25) is 10.2 Å². The highest BCUT2D eigenvalue weighted by molar-refractivity contribution is 6.30. The number of nitrogens with zero attached hydrogens (tertiary/aromatic N) is 3. The lowest BCUT2D eigenvalue weighted by Gasteiger charge is -2.19. The van der Waals surface area contributed by atoms with Gasteiger partial charge in [0.1, 0.15) is 11.9 Å². The third kappa shape index (κ3) is 3.30. The van der Waals surface area contributed by atoms with Crippen molar-refractivity contribution in [2.45, 2.75) is 25.7 Å². The summed E-state index contributed by atoms with van der Waals surface area (Å²) in [5, 5.41) is 17.0. The van der Waals surface area contributed by atoms with Crippen LogP contribution in [0, 0.1) is 11.3 Å². The number of halogens is 1. The van der Waals surface area contributed by atoms with Crippen LogP contribution in [-0.4, -0.2) is 23.2 Å². The molecule has 2 N–H and O–H groups in total. The molecule has 0 radical (unpaired) electrons. The van der Waals surface area contributed by atoms with E-state index in [9.17, 15) is 10.1 Å². The normalized spacial score (nSPS) is 19.0. The Morgan fingerprint density at radius 1 is 1.30 bits per heavy atom. The van der Waals surface area contributed by atoms with E-state index in [2.05, 4.69) is 15.8 Å². The standard InChI is InChI=1S/C16H16ClN5O/c17-11-5-7-12(8-6-11)19-16(23)13(10-18)15-21-20-14-4-2-1-3-9-22(14)15/h5-8,21H,1-4,9H2,(H,19,23)/b15-13+. The van der Waals surface area contributed by atoms with Crippen LogP contribution in [0.1, 0.15) is 25.7 Å². The summed E-state index contributed by atoms with van der Waals surface area (Å²) in [6.07, 6.45) is 4.07. The molecule has 1 aromatic rings. The minimum atomic E-state index is -0.460. The van der Waals surface area contributed by atoms with Gasteiger partial charge in [0.2, 0.25) is 0 Å². The SMILES string of the molecule is N#C/C(C(=O)Nc1ccc(Cl)cc1)=C1/NN=C2CCCCCN21. The number of fused-ring (bicyclic) bond motifs is 1. The molecule has 2 aliphatic rings. The van der Waals surface area contributed by atoms with Crippen molar-refractivity contribution in [3.8, 4) is 6.07 Å². The van der Waals surface area contributed by atoms with Gasteiger partial charge in [0.15, 0.2) is 11.4 Å². The van der Waals surface area contributed by atoms with Crippen LogP contribution < -0.4 is 10.7 Å². The maximum absolute atomic E-state index is 12.4. The van der Waals surface area contributed by atoms with Crippen LogP contribution in [0.4, 0.5) is 5.69 Å². The number of nitrogens with one attached hydrogen (secondary N) is 2. The largest absolute Gasteiger partial charge is 0.321 e. The van der Waals surface area contributed by atoms with Gasteiger partial charge in [-0.2, -0.15) is 10.4 Å². The van der Waals surface area contributed by atoms with Crippen molar-refractivity contribution in [2.24, 2.45) is 5.10 Å². The summed E-state index contributed by atoms with van der Waals surface area (Å²) in [5.41, 5.74) is 3.46. The molecular formula is C16H16ClN5O. The van der Waals surface area contributed by atoms with Gasteiger partial charge < -0.3 is 10.2 Å². The van der Waals surface area contributed by atoms with Crippen LogP contribution in [-0.2, 0) is 4.79 Å². The van der Waals surface area contributed by atoms with Crippen molar-refractivity contribution < 1.29 is 4.79 Å². The number of anilines is 1. The summed E-state index contributed by atoms with van der Waals surface area (Å²) in [6.45, 7) is 0.764. The van der Waals surface area contributed by atoms with E-state index in [0.29, 0.717) is 16.5 Å². The summed E-state index contributed by atoms with van der Waals surface area (Å²) in [5.74, 6) is 0.901. The van der Waals surface area contributed by atoms with Gasteiger partial charge in [-0.1, -0.05) is 18.0 Å². The number of hydrogen-bond acceptors (Lipinski definition) is 5. The average Bonchev–Trinajstić information content (AvgIpc) is 2.79. The molecule has 0 bridgehead atoms. The topological polar surface area (TPSA) is 80.5 Å². The zero-order chi connectivity index (χ0) is 16.2. The van der Waals surface area contributed by atoms with Crippen LogP contribution in [0.25, 0.3) is 0 Å². The average molecular weight is 330 g/mol. The first-order valence-electron chi connectivity index (χ1n) is 7.50. The van der Waals surface area contributed by atoms with E-state index in [1.165, 1.54) is 0 Å². The first kappa shape index (κ1) is 15.4. The van der Waals surface area contributed by atoms with E-state index < -0.39 is 5.91 Å². The summed E-state index contributed by atoms with van der Waals surface area (Å²) < 4.78 is 0. The zero-order valence-corrected chi connectivity index (χ0v) is 13.2. The molecule has 118 valence electrons. The second kappa shape index (κ2) is 6.71. The predicted octanol–water partition coefficient (Wildman–Crippen LogP) is 2.81. The Bertz CT molecular complexity index is 717. The number of benzene rings is 1. The zero-order valence-electron chi connectivity index (χ0n) is 12.5. The van der Waals surface area contributed by atoms with Crippen LogP contribution >= 0.6 is 11.6 Å². The fourth-order valence-electron chi connectivity index (χ4n) is 2.66. The van der Waals surface area contributed by atoms with Gasteiger partial charge in [0, 0.05) is 23.7 Å². The van der Waals surface area contributed by atoms with E-state index in [0.717, 1.165) is 38.1 Å². The summed E-state index contributed by atoms with van der Waals surface area (Å²) >= 11 is 5.83. The van der Waals surface area contributed by atoms with Crippen LogP contribution in [0.15, 0.2) is 40.8 Å². The van der Waals surface area contributed by atoms with Crippen molar-refractivity contribution in [3.05, 3.63) is 40.7 Å². The van der Waals surface area contributed by atoms with E-state index in [-0.39, 0.29) is 5.57 Å². The third-order valence-electron chi connectivity index (χ3n) is 3.83. The molecule has 1 saturated heterocycles. The number of hydrogen-bond donors (Lipinski definition) is 2. The number of amides is 1. The summed E-state index contributed by atoms with van der Waals surface area (Å²) in [6, 6.07) is 8.73. The van der Waals surface area contributed by atoms with Gasteiger partial charge in [-0.15, -0.1) is 0 Å². The number of hydrazone groups is 1. The van der Waals surface area contributed by atoms with Gasteiger partial charge in [0.25, 0.3) is 5.91 Å². The van der Waals surface area contributed by atoms with Gasteiger partial charge in [-0.05, 0) is 37.1 Å². The third-order valence-corrected chi connectivity index (χ3v) is 4.08. The number of rotatable bonds is 2. The molecule has 0 aliphatic carbocycles. The van der Waals surface area contributed by atoms with E-state index in [4.69, 9.17) is 11.6 Å². The smallest absolute Gasteiger partial charge is 0.270 e. The second-order valence-electron chi connectivity index (χ2n) is 5.40. The fraction of sp³-hybridized carbons (Fsp3) is 0.312. The highest BCUT2D eigenvalue weighted by Crippen LogP contribution is 2.23. The molecule has 0 aromatic heterocycles. The lowest BCUT2D eigenvalue weighted by atomic mass is 10.2. The lowest BCUT2D eigenvalue weighted by molar-refractivity contribution is -0.112. The molecule has 7 heteroatoms. The minimum absolute atomic E-state index is 0.0283. The lowest BCUT2D eigenvalue weighted by Crippen LogP contribution is -2.31. The van der Waals surface area contributed by atoms with Crippen molar-refractivity contribution in [1.82, 2.24) is 10.3 Å². The molecule has 6 nitrogen and oxygen atoms in total. The Kier molecular flexibility index (Phi) is 4.49. The highest BCUT2D eigenvalue weighted by atomic mass is 35.5. The molecular weight excluding hydrogens is 314 g/mol. The van der Waals surface area contributed by atoms with E-state index in [1.807, 2.05) is 11.0 Å². The van der Waals surface area contributed by atoms with E-state index in [1.54, 1.807) is 24.3 Å². The van der Waals surface area contributed by atoms with Crippen molar-refractivity contribution in [3.63, 3.8) is 0 Å². The molecule has 1 amide bonds. The molecule has 1 aromatic carbocycles. The molecule has 1 fully saturated rings. The van der Waals surface area contributed by atoms with Gasteiger partial charge >= 0.3 is 0 Å². The molecule has 23 heavy (non-hydrogen) atoms. The molecule has 0 atom stereocenters. The van der Waals surface area contributed by atoms with Crippen molar-refractivity contribution >= 4 is 29.0 Å². The first-order chi connectivity index (χ1) is 11.2. The molecule has 3 rings (SSSR count). The monoisotopic (exact) mass is 329 g/mol. The Hall–Kier alpha value is -2.52. The first-order valence-corrected chi connectivity index (χ1v) is 7.88. The van der Waals surface area contributed by atoms with E-state index >= 15 is 0 Å². The molecule has 0 unspecified atom stereocenters. The second-order valence-corrected chi connectivity index (χ2v) is 5.83. The van der Waals surface area contributed by atoms with Crippen LogP contribution in [0.3, 0.4) is 0 Å². The summed E-state index contributed by atoms with van der Waals surface area (Å²) in [4.78, 5) is 14.4. The number of amidine groups is 1. The molecule has 2 heterocycles. The quantitative estimate of drug-likeness (QED) is 0.646. The van der Waals surface area contributed by atoms with Crippen molar-refractivity contribution in [2.75, 3.05) is 11.9 Å². The predicted molar refractivity (Wildman–Crippen MR) is 88.5 cm³/mol. The van der Waals surface area contributed by atoms with Crippen molar-refractivity contribution in [1.29, 1.82) is 5.26 Å². The Labute approximate surface area is 139 Å². The highest BCUT2D eigenvalue weighted by Gasteiger charge is 2.29. The fourth-order valence-corrected chi connectivity index (χ4v) is 2.78. The summed E-state index contributed by atoms with van der Waals surface area (Å²) in [7, 11) is 0. The Morgan fingerprint density at radius 2 is 2.09 bits per heavy atom. The van der Waals surface area contributed by atoms with Gasteiger partial charge in [0.05, 0.1) is 0 Å². The maximum atomic E-state index is 12.4. The van der Waals surface area contributed by atoms with Crippen LogP contribution in [0.2, 0.25) is 5.02 Å². The number of carbonyl (C=O) groups is 1. The Morgan fingerprint density at radius 3 is 2.83 bits per heavy atom. The molecule has 2 aliphatic heterocycles. The number of nitriles is 1. The minimum Gasteiger partial charge on any atom is -0.321 e. The van der Waals surface area contributed by atoms with Gasteiger partial charge in [-0.25, -0.2) is 0 Å². The number of carbonyl (C=O) groups excluding carboxylic acids is 1. The molecule has 0 spiro atoms. The maximum Gasteiger partial charge on any atom is 0.270 e.